The third-order valence-corrected chi connectivity index (χ3v) is 7.29. The van der Waals surface area contributed by atoms with Crippen LogP contribution in [0.5, 0.6) is 0 Å². The van der Waals surface area contributed by atoms with Gasteiger partial charge in [0.2, 0.25) is 5.95 Å². The molecule has 2 atom stereocenters. The van der Waals surface area contributed by atoms with E-state index in [1.54, 1.807) is 0 Å². The first-order chi connectivity index (χ1) is 14.6. The van der Waals surface area contributed by atoms with Gasteiger partial charge in [-0.15, -0.1) is 0 Å². The molecule has 0 radical (unpaired) electrons. The zero-order chi connectivity index (χ0) is 20.7. The normalized spacial score (nSPS) is 21.9. The van der Waals surface area contributed by atoms with Gasteiger partial charge in [0.25, 0.3) is 0 Å². The second-order valence-corrected chi connectivity index (χ2v) is 9.72. The van der Waals surface area contributed by atoms with Crippen molar-refractivity contribution in [1.29, 1.82) is 0 Å². The van der Waals surface area contributed by atoms with Crippen LogP contribution in [0, 0.1) is 0 Å². The molecule has 2 aliphatic heterocycles. The number of aliphatic hydroxyl groups excluding tert-OH is 1. The number of anilines is 2. The summed E-state index contributed by atoms with van der Waals surface area (Å²) in [5.41, 5.74) is 3.25. The minimum Gasteiger partial charge on any atom is -0.394 e. The van der Waals surface area contributed by atoms with Crippen LogP contribution in [-0.2, 0) is 17.2 Å². The molecule has 1 unspecified atom stereocenters. The Bertz CT molecular complexity index is 1010. The molecule has 8 nitrogen and oxygen atoms in total. The van der Waals surface area contributed by atoms with E-state index in [2.05, 4.69) is 31.2 Å². The highest BCUT2D eigenvalue weighted by Crippen LogP contribution is 2.39. The van der Waals surface area contributed by atoms with Gasteiger partial charge in [0.15, 0.2) is 5.82 Å². The minimum atomic E-state index is -1.09. The van der Waals surface area contributed by atoms with Crippen molar-refractivity contribution in [3.05, 3.63) is 35.6 Å². The Kier molecular flexibility index (Phi) is 5.24. The Morgan fingerprint density at radius 1 is 1.27 bits per heavy atom. The number of aliphatic hydroxyl groups is 1. The smallest absolute Gasteiger partial charge is 0.227 e. The van der Waals surface area contributed by atoms with E-state index in [1.807, 2.05) is 19.3 Å². The molecule has 2 aromatic heterocycles. The first-order valence-electron chi connectivity index (χ1n) is 10.6. The second kappa shape index (κ2) is 8.03. The number of aromatic nitrogens is 4. The number of nitrogens with one attached hydrogen (secondary N) is 1. The largest absolute Gasteiger partial charge is 0.394 e. The van der Waals surface area contributed by atoms with Gasteiger partial charge in [-0.05, 0) is 43.2 Å². The minimum absolute atomic E-state index is 0.0178. The van der Waals surface area contributed by atoms with E-state index in [9.17, 15) is 9.32 Å². The lowest BCUT2D eigenvalue weighted by Gasteiger charge is -2.27. The van der Waals surface area contributed by atoms with Crippen LogP contribution < -0.4 is 10.2 Å². The molecule has 9 heteroatoms. The predicted octanol–water partition coefficient (Wildman–Crippen LogP) is 1.89. The third kappa shape index (κ3) is 3.83. The SMILES string of the molecule is CC(CO)Nc1nc(N2CC=C(c3ncc(C4CC4)cn3)CC2)nc2c1[S@](=O)CC2. The first-order valence-corrected chi connectivity index (χ1v) is 11.9. The lowest BCUT2D eigenvalue weighted by atomic mass is 10.1. The van der Waals surface area contributed by atoms with Crippen molar-refractivity contribution in [3.8, 4) is 0 Å². The maximum Gasteiger partial charge on any atom is 0.227 e. The molecule has 158 valence electrons. The van der Waals surface area contributed by atoms with Crippen molar-refractivity contribution in [2.75, 3.05) is 35.7 Å². The van der Waals surface area contributed by atoms with Crippen molar-refractivity contribution in [2.24, 2.45) is 0 Å². The molecular formula is C21H26N6O2S. The zero-order valence-corrected chi connectivity index (χ0v) is 17.9. The molecule has 0 spiro atoms. The van der Waals surface area contributed by atoms with Crippen LogP contribution in [-0.4, -0.2) is 60.7 Å². The van der Waals surface area contributed by atoms with Crippen LogP contribution in [0.2, 0.25) is 0 Å². The molecule has 0 bridgehead atoms. The lowest BCUT2D eigenvalue weighted by Crippen LogP contribution is -2.31. The summed E-state index contributed by atoms with van der Waals surface area (Å²) in [7, 11) is -1.09. The lowest BCUT2D eigenvalue weighted by molar-refractivity contribution is 0.281. The zero-order valence-electron chi connectivity index (χ0n) is 17.0. The molecule has 3 aliphatic rings. The van der Waals surface area contributed by atoms with Crippen molar-refractivity contribution in [3.63, 3.8) is 0 Å². The highest BCUT2D eigenvalue weighted by atomic mass is 32.2. The van der Waals surface area contributed by atoms with Crippen molar-refractivity contribution >= 4 is 28.1 Å². The van der Waals surface area contributed by atoms with Gasteiger partial charge in [-0.2, -0.15) is 4.98 Å². The summed E-state index contributed by atoms with van der Waals surface area (Å²) in [6.07, 6.45) is 10.1. The molecule has 1 fully saturated rings. The Balaban J connectivity index is 1.36. The van der Waals surface area contributed by atoms with E-state index in [1.165, 1.54) is 18.4 Å². The number of nitrogens with zero attached hydrogens (tertiary/aromatic N) is 5. The van der Waals surface area contributed by atoms with E-state index < -0.39 is 10.8 Å². The summed E-state index contributed by atoms with van der Waals surface area (Å²) >= 11 is 0. The molecular weight excluding hydrogens is 400 g/mol. The molecule has 0 amide bonds. The number of rotatable bonds is 6. The van der Waals surface area contributed by atoms with Crippen LogP contribution in [0.25, 0.3) is 5.57 Å². The molecule has 0 aromatic carbocycles. The maximum atomic E-state index is 12.4. The van der Waals surface area contributed by atoms with Crippen molar-refractivity contribution in [2.45, 2.75) is 49.5 Å². The molecule has 30 heavy (non-hydrogen) atoms. The first kappa shape index (κ1) is 19.6. The topological polar surface area (TPSA) is 104 Å². The number of hydrogen-bond acceptors (Lipinski definition) is 8. The summed E-state index contributed by atoms with van der Waals surface area (Å²) in [5, 5.41) is 12.6. The van der Waals surface area contributed by atoms with Crippen LogP contribution in [0.4, 0.5) is 11.8 Å². The van der Waals surface area contributed by atoms with Gasteiger partial charge in [0, 0.05) is 43.7 Å². The van der Waals surface area contributed by atoms with Crippen LogP contribution >= 0.6 is 0 Å². The molecule has 2 aromatic rings. The fourth-order valence-corrected chi connectivity index (χ4v) is 5.20. The van der Waals surface area contributed by atoms with Crippen LogP contribution in [0.1, 0.15) is 49.2 Å². The fraction of sp³-hybridized carbons (Fsp3) is 0.524. The third-order valence-electron chi connectivity index (χ3n) is 5.83. The molecule has 2 N–H and O–H groups in total. The number of fused-ring (bicyclic) bond motifs is 1. The van der Waals surface area contributed by atoms with E-state index in [0.717, 1.165) is 30.1 Å². The predicted molar refractivity (Wildman–Crippen MR) is 116 cm³/mol. The highest BCUT2D eigenvalue weighted by molar-refractivity contribution is 7.85. The van der Waals surface area contributed by atoms with E-state index in [4.69, 9.17) is 4.98 Å². The molecule has 5 rings (SSSR count). The van der Waals surface area contributed by atoms with Crippen molar-refractivity contribution in [1.82, 2.24) is 19.9 Å². The summed E-state index contributed by atoms with van der Waals surface area (Å²) in [5.74, 6) is 3.27. The van der Waals surface area contributed by atoms with Crippen molar-refractivity contribution < 1.29 is 9.32 Å². The Morgan fingerprint density at radius 3 is 2.73 bits per heavy atom. The van der Waals surface area contributed by atoms with Gasteiger partial charge in [0.1, 0.15) is 10.7 Å². The van der Waals surface area contributed by atoms with Gasteiger partial charge >= 0.3 is 0 Å². The standard InChI is InChI=1S/C21H26N6O2S/c1-13(12-28)24-20-18-17(6-9-30(18)29)25-21(26-20)27-7-4-15(5-8-27)19-22-10-16(11-23-19)14-2-3-14/h4,10-11,13-14,28H,2-3,5-9,12H2,1H3,(H,24,25,26)/t13?,30-/m1/s1. The molecule has 0 saturated heterocycles. The van der Waals surface area contributed by atoms with Crippen LogP contribution in [0.15, 0.2) is 23.4 Å². The Morgan fingerprint density at radius 2 is 2.07 bits per heavy atom. The van der Waals surface area contributed by atoms with E-state index in [-0.39, 0.29) is 12.6 Å². The van der Waals surface area contributed by atoms with Gasteiger partial charge < -0.3 is 15.3 Å². The van der Waals surface area contributed by atoms with Gasteiger partial charge in [-0.3, -0.25) is 4.21 Å². The molecule has 1 saturated carbocycles. The maximum absolute atomic E-state index is 12.4. The average Bonchev–Trinajstić information content (AvgIpc) is 3.56. The number of aryl methyl sites for hydroxylation is 1. The quantitative estimate of drug-likeness (QED) is 0.722. The van der Waals surface area contributed by atoms with E-state index >= 15 is 0 Å². The van der Waals surface area contributed by atoms with Gasteiger partial charge in [-0.25, -0.2) is 15.0 Å². The number of hydrogen-bond donors (Lipinski definition) is 2. The summed E-state index contributed by atoms with van der Waals surface area (Å²) in [6, 6.07) is -0.168. The Labute approximate surface area is 178 Å². The van der Waals surface area contributed by atoms with E-state index in [0.29, 0.717) is 41.3 Å². The summed E-state index contributed by atoms with van der Waals surface area (Å²) in [4.78, 5) is 21.4. The summed E-state index contributed by atoms with van der Waals surface area (Å²) < 4.78 is 12.4. The molecule has 1 aliphatic carbocycles. The molecule has 4 heterocycles. The van der Waals surface area contributed by atoms with Crippen LogP contribution in [0.3, 0.4) is 0 Å². The second-order valence-electron chi connectivity index (χ2n) is 8.22. The summed E-state index contributed by atoms with van der Waals surface area (Å²) in [6.45, 7) is 3.31. The fourth-order valence-electron chi connectivity index (χ4n) is 3.89. The average molecular weight is 427 g/mol. The monoisotopic (exact) mass is 426 g/mol. The highest BCUT2D eigenvalue weighted by Gasteiger charge is 2.28. The van der Waals surface area contributed by atoms with Gasteiger partial charge in [-0.1, -0.05) is 6.08 Å². The Hall–Kier alpha value is -2.39. The van der Waals surface area contributed by atoms with Gasteiger partial charge in [0.05, 0.1) is 23.1 Å².